The average molecular weight is 251 g/mol. The Labute approximate surface area is 104 Å². The third-order valence-electron chi connectivity index (χ3n) is 2.51. The van der Waals surface area contributed by atoms with E-state index >= 15 is 0 Å². The van der Waals surface area contributed by atoms with Crippen molar-refractivity contribution in [3.63, 3.8) is 0 Å². The zero-order valence-electron chi connectivity index (χ0n) is 9.50. The Morgan fingerprint density at radius 3 is 3.12 bits per heavy atom. The molecule has 2 rings (SSSR count). The second kappa shape index (κ2) is 5.27. The number of rotatable bonds is 3. The van der Waals surface area contributed by atoms with E-state index in [1.165, 1.54) is 25.0 Å². The number of nitrogens with zero attached hydrogens (tertiary/aromatic N) is 3. The van der Waals surface area contributed by atoms with Gasteiger partial charge in [0.05, 0.1) is 12.2 Å². The topological polar surface area (TPSA) is 63.2 Å². The summed E-state index contributed by atoms with van der Waals surface area (Å²) in [5.41, 5.74) is 0.821. The van der Waals surface area contributed by atoms with Crippen molar-refractivity contribution in [2.24, 2.45) is 0 Å². The molecular formula is C11H13N3O2S. The third-order valence-corrected chi connectivity index (χ3v) is 3.49. The van der Waals surface area contributed by atoms with Gasteiger partial charge >= 0.3 is 0 Å². The summed E-state index contributed by atoms with van der Waals surface area (Å²) >= 11 is 1.25. The molecular weight excluding hydrogens is 238 g/mol. The smallest absolute Gasteiger partial charge is 0.224 e. The third kappa shape index (κ3) is 3.26. The van der Waals surface area contributed by atoms with Gasteiger partial charge in [-0.1, -0.05) is 11.8 Å². The van der Waals surface area contributed by atoms with Crippen LogP contribution in [0.1, 0.15) is 19.0 Å². The van der Waals surface area contributed by atoms with Crippen LogP contribution < -0.4 is 0 Å². The molecule has 0 bridgehead atoms. The summed E-state index contributed by atoms with van der Waals surface area (Å²) in [4.78, 5) is 32.4. The van der Waals surface area contributed by atoms with Crippen LogP contribution in [-0.2, 0) is 16.1 Å². The monoisotopic (exact) mass is 251 g/mol. The van der Waals surface area contributed by atoms with E-state index in [1.54, 1.807) is 17.2 Å². The fraction of sp³-hybridized carbons (Fsp3) is 0.455. The number of likely N-dealkylation sites (tertiary alicyclic amines) is 1. The number of aromatic nitrogens is 2. The van der Waals surface area contributed by atoms with Crippen LogP contribution in [0.5, 0.6) is 0 Å². The summed E-state index contributed by atoms with van der Waals surface area (Å²) in [7, 11) is 0. The van der Waals surface area contributed by atoms with Crippen molar-refractivity contribution in [3.05, 3.63) is 24.3 Å². The van der Waals surface area contributed by atoms with E-state index in [4.69, 9.17) is 0 Å². The van der Waals surface area contributed by atoms with E-state index in [0.717, 1.165) is 5.69 Å². The van der Waals surface area contributed by atoms with Gasteiger partial charge in [-0.2, -0.15) is 0 Å². The van der Waals surface area contributed by atoms with Gasteiger partial charge < -0.3 is 4.90 Å². The second-order valence-electron chi connectivity index (χ2n) is 3.91. The van der Waals surface area contributed by atoms with E-state index in [2.05, 4.69) is 9.97 Å². The van der Waals surface area contributed by atoms with Gasteiger partial charge in [0.2, 0.25) is 5.91 Å². The molecule has 17 heavy (non-hydrogen) atoms. The van der Waals surface area contributed by atoms with E-state index in [0.29, 0.717) is 19.5 Å². The predicted octanol–water partition coefficient (Wildman–Crippen LogP) is 0.857. The first-order valence-electron chi connectivity index (χ1n) is 5.35. The predicted molar refractivity (Wildman–Crippen MR) is 64.1 cm³/mol. The van der Waals surface area contributed by atoms with Crippen molar-refractivity contribution in [2.45, 2.75) is 25.1 Å². The van der Waals surface area contributed by atoms with Crippen LogP contribution in [0.3, 0.4) is 0 Å². The molecule has 2 heterocycles. The quantitative estimate of drug-likeness (QED) is 0.797. The number of hydrogen-bond donors (Lipinski definition) is 0. The molecule has 1 unspecified atom stereocenters. The summed E-state index contributed by atoms with van der Waals surface area (Å²) in [6.07, 6.45) is 3.57. The molecule has 0 N–H and O–H groups in total. The Kier molecular flexibility index (Phi) is 3.73. The number of carbonyl (C=O) groups is 2. The fourth-order valence-electron chi connectivity index (χ4n) is 1.81. The molecule has 0 aliphatic carbocycles. The van der Waals surface area contributed by atoms with Crippen LogP contribution in [0.2, 0.25) is 0 Å². The molecule has 1 aromatic rings. The Morgan fingerprint density at radius 1 is 1.65 bits per heavy atom. The molecule has 5 nitrogen and oxygen atoms in total. The number of thioether (sulfide) groups is 1. The van der Waals surface area contributed by atoms with Crippen molar-refractivity contribution in [3.8, 4) is 0 Å². The molecule has 1 atom stereocenters. The molecule has 1 saturated heterocycles. The molecule has 6 heteroatoms. The highest BCUT2D eigenvalue weighted by atomic mass is 32.2. The van der Waals surface area contributed by atoms with Crippen molar-refractivity contribution < 1.29 is 9.59 Å². The Balaban J connectivity index is 1.95. The average Bonchev–Trinajstić information content (AvgIpc) is 2.59. The van der Waals surface area contributed by atoms with Gasteiger partial charge in [-0.05, 0) is 6.07 Å². The summed E-state index contributed by atoms with van der Waals surface area (Å²) in [6, 6.07) is 1.79. The van der Waals surface area contributed by atoms with E-state index in [9.17, 15) is 9.59 Å². The minimum absolute atomic E-state index is 0.0617. The van der Waals surface area contributed by atoms with E-state index < -0.39 is 0 Å². The molecule has 1 amide bonds. The van der Waals surface area contributed by atoms with Crippen LogP contribution in [-0.4, -0.2) is 37.7 Å². The van der Waals surface area contributed by atoms with Gasteiger partial charge in [-0.15, -0.1) is 0 Å². The lowest BCUT2D eigenvalue weighted by atomic mass is 10.4. The maximum atomic E-state index is 11.7. The number of carbonyl (C=O) groups excluding carboxylic acids is 2. The van der Waals surface area contributed by atoms with Crippen LogP contribution in [0.15, 0.2) is 18.6 Å². The molecule has 1 fully saturated rings. The first-order chi connectivity index (χ1) is 8.15. The van der Waals surface area contributed by atoms with Crippen LogP contribution in [0.4, 0.5) is 0 Å². The minimum Gasteiger partial charge on any atom is -0.336 e. The van der Waals surface area contributed by atoms with Crippen molar-refractivity contribution in [2.75, 3.05) is 6.54 Å². The maximum Gasteiger partial charge on any atom is 0.224 e. The number of hydrogen-bond acceptors (Lipinski definition) is 5. The fourth-order valence-corrected chi connectivity index (χ4v) is 2.76. The van der Waals surface area contributed by atoms with Gasteiger partial charge in [-0.3, -0.25) is 9.59 Å². The summed E-state index contributed by atoms with van der Waals surface area (Å²) in [6.45, 7) is 2.64. The van der Waals surface area contributed by atoms with Gasteiger partial charge in [0, 0.05) is 31.3 Å². The van der Waals surface area contributed by atoms with Crippen LogP contribution >= 0.6 is 11.8 Å². The first kappa shape index (κ1) is 12.0. The summed E-state index contributed by atoms with van der Waals surface area (Å²) in [5.74, 6) is 0.0855. The minimum atomic E-state index is 0.0617. The van der Waals surface area contributed by atoms with Crippen LogP contribution in [0.25, 0.3) is 0 Å². The lowest BCUT2D eigenvalue weighted by Gasteiger charge is -2.15. The molecule has 1 aliphatic heterocycles. The van der Waals surface area contributed by atoms with Crippen molar-refractivity contribution in [1.29, 1.82) is 0 Å². The largest absolute Gasteiger partial charge is 0.336 e. The van der Waals surface area contributed by atoms with Gasteiger partial charge in [0.1, 0.15) is 6.33 Å². The highest BCUT2D eigenvalue weighted by molar-refractivity contribution is 8.14. The molecule has 90 valence electrons. The Hall–Kier alpha value is -1.43. The van der Waals surface area contributed by atoms with Crippen molar-refractivity contribution >= 4 is 22.8 Å². The Bertz CT molecular complexity index is 424. The maximum absolute atomic E-state index is 11.7. The molecule has 1 aromatic heterocycles. The zero-order valence-corrected chi connectivity index (χ0v) is 10.3. The highest BCUT2D eigenvalue weighted by Crippen LogP contribution is 2.24. The van der Waals surface area contributed by atoms with E-state index in [-0.39, 0.29) is 16.3 Å². The molecule has 0 radical (unpaired) electrons. The van der Waals surface area contributed by atoms with Crippen LogP contribution in [0, 0.1) is 0 Å². The zero-order chi connectivity index (χ0) is 12.3. The molecule has 0 aromatic carbocycles. The highest BCUT2D eigenvalue weighted by Gasteiger charge is 2.30. The van der Waals surface area contributed by atoms with Crippen molar-refractivity contribution in [1.82, 2.24) is 14.9 Å². The standard InChI is InChI=1S/C11H13N3O2S/c1-8(15)17-10-4-11(16)14(6-10)5-9-2-3-12-7-13-9/h2-3,7,10H,4-6H2,1H3. The summed E-state index contributed by atoms with van der Waals surface area (Å²) < 4.78 is 0. The Morgan fingerprint density at radius 2 is 2.47 bits per heavy atom. The molecule has 0 saturated carbocycles. The molecule has 0 spiro atoms. The van der Waals surface area contributed by atoms with Gasteiger partial charge in [0.15, 0.2) is 5.12 Å². The van der Waals surface area contributed by atoms with Gasteiger partial charge in [-0.25, -0.2) is 9.97 Å². The van der Waals surface area contributed by atoms with E-state index in [1.807, 2.05) is 0 Å². The van der Waals surface area contributed by atoms with Gasteiger partial charge in [0.25, 0.3) is 0 Å². The molecule has 1 aliphatic rings. The normalized spacial score (nSPS) is 19.7. The SMILES string of the molecule is CC(=O)SC1CC(=O)N(Cc2ccncn2)C1. The second-order valence-corrected chi connectivity index (χ2v) is 5.39. The lowest BCUT2D eigenvalue weighted by Crippen LogP contribution is -2.25. The number of amides is 1. The lowest BCUT2D eigenvalue weighted by molar-refractivity contribution is -0.128. The first-order valence-corrected chi connectivity index (χ1v) is 6.23. The summed E-state index contributed by atoms with van der Waals surface area (Å²) in [5, 5.41) is 0.147.